The van der Waals surface area contributed by atoms with Gasteiger partial charge in [-0.15, -0.1) is 0 Å². The van der Waals surface area contributed by atoms with Gasteiger partial charge < -0.3 is 38.7 Å². The summed E-state index contributed by atoms with van der Waals surface area (Å²) in [6.45, 7) is 6.83. The van der Waals surface area contributed by atoms with Gasteiger partial charge in [0.05, 0.1) is 44.2 Å². The molecular formula is C29H36O11. The van der Waals surface area contributed by atoms with Gasteiger partial charge in [0, 0.05) is 40.6 Å². The average Bonchev–Trinajstić information content (AvgIpc) is 3.57. The lowest BCUT2D eigenvalue weighted by Gasteiger charge is -2.63. The van der Waals surface area contributed by atoms with Gasteiger partial charge in [0.15, 0.2) is 6.10 Å². The first-order valence-corrected chi connectivity index (χ1v) is 13.9. The topological polar surface area (TPSA) is 162 Å². The van der Waals surface area contributed by atoms with Gasteiger partial charge in [0.2, 0.25) is 0 Å². The second-order valence-electron chi connectivity index (χ2n) is 13.7. The third kappa shape index (κ3) is 2.41. The summed E-state index contributed by atoms with van der Waals surface area (Å²) in [7, 11) is 1.18. The number of aliphatic hydroxyl groups is 3. The first-order chi connectivity index (χ1) is 18.7. The third-order valence-corrected chi connectivity index (χ3v) is 12.5. The van der Waals surface area contributed by atoms with Crippen LogP contribution in [0.25, 0.3) is 0 Å². The summed E-state index contributed by atoms with van der Waals surface area (Å²) in [6, 6.07) is 1.72. The summed E-state index contributed by atoms with van der Waals surface area (Å²) in [6.07, 6.45) is -1.08. The molecule has 2 aliphatic heterocycles. The smallest absolute Gasteiger partial charge is 0.335 e. The molecule has 11 nitrogen and oxygen atoms in total. The highest BCUT2D eigenvalue weighted by Gasteiger charge is 2.96. The Morgan fingerprint density at radius 1 is 1.23 bits per heavy atom. The quantitative estimate of drug-likeness (QED) is 0.361. The van der Waals surface area contributed by atoms with E-state index in [0.717, 1.165) is 0 Å². The molecule has 3 N–H and O–H groups in total. The number of furan rings is 1. The fraction of sp³-hybridized carbons (Fsp3) is 0.759. The van der Waals surface area contributed by atoms with Crippen molar-refractivity contribution < 1.29 is 53.1 Å². The van der Waals surface area contributed by atoms with Crippen LogP contribution in [0.4, 0.5) is 0 Å². The maximum Gasteiger partial charge on any atom is 0.335 e. The number of cyclic esters (lactones) is 1. The van der Waals surface area contributed by atoms with E-state index in [1.807, 2.05) is 13.8 Å². The molecule has 1 aromatic heterocycles. The fourth-order valence-electron chi connectivity index (χ4n) is 11.4. The molecule has 13 atom stereocenters. The number of carbonyl (C=O) groups is 3. The molecule has 2 saturated heterocycles. The van der Waals surface area contributed by atoms with Gasteiger partial charge in [-0.05, 0) is 25.3 Å². The number of esters is 3. The van der Waals surface area contributed by atoms with Gasteiger partial charge in [0.1, 0.15) is 22.9 Å². The SMILES string of the molecule is COC(=O)[C@@H](O)[C@H]1[C@@]2(C)C[C@]3(OC(C)=O)[C@@H]4C(O[C@]56CC(=O)O[C@@H](c7ccoc7)[C@]5(C)CC[C@H]([C@]13C)[C@]46O)[C@H]2O. The Balaban J connectivity index is 1.52. The number of hydrogen-bond acceptors (Lipinski definition) is 11. The molecular weight excluding hydrogens is 524 g/mol. The van der Waals surface area contributed by atoms with Gasteiger partial charge in [0.25, 0.3) is 0 Å². The van der Waals surface area contributed by atoms with Crippen LogP contribution in [0.3, 0.4) is 0 Å². The predicted octanol–water partition coefficient (Wildman–Crippen LogP) is 1.43. The number of rotatable bonds is 4. The largest absolute Gasteiger partial charge is 0.472 e. The van der Waals surface area contributed by atoms with Gasteiger partial charge >= 0.3 is 17.9 Å². The van der Waals surface area contributed by atoms with E-state index in [9.17, 15) is 29.7 Å². The zero-order valence-electron chi connectivity index (χ0n) is 23.2. The second-order valence-corrected chi connectivity index (χ2v) is 13.7. The van der Waals surface area contributed by atoms with Crippen molar-refractivity contribution in [1.29, 1.82) is 0 Å². The molecule has 6 fully saturated rings. The van der Waals surface area contributed by atoms with E-state index in [4.69, 9.17) is 23.4 Å². The van der Waals surface area contributed by atoms with Crippen LogP contribution in [0.5, 0.6) is 0 Å². The predicted molar refractivity (Wildman–Crippen MR) is 132 cm³/mol. The maximum atomic E-state index is 13.4. The van der Waals surface area contributed by atoms with E-state index < -0.39 is 93.1 Å². The van der Waals surface area contributed by atoms with Gasteiger partial charge in [-0.2, -0.15) is 0 Å². The summed E-state index contributed by atoms with van der Waals surface area (Å²) >= 11 is 0. The molecule has 218 valence electrons. The Kier molecular flexibility index (Phi) is 4.94. The molecule has 0 radical (unpaired) electrons. The van der Waals surface area contributed by atoms with Gasteiger partial charge in [-0.1, -0.05) is 20.8 Å². The minimum Gasteiger partial charge on any atom is -0.472 e. The molecule has 4 aliphatic carbocycles. The zero-order valence-corrected chi connectivity index (χ0v) is 23.2. The van der Waals surface area contributed by atoms with E-state index >= 15 is 0 Å². The van der Waals surface area contributed by atoms with Gasteiger partial charge in [-0.25, -0.2) is 4.79 Å². The van der Waals surface area contributed by atoms with Crippen LogP contribution in [0.1, 0.15) is 65.0 Å². The zero-order chi connectivity index (χ0) is 28.8. The first kappa shape index (κ1) is 26.4. The number of aliphatic hydroxyl groups excluding tert-OH is 2. The molecule has 3 heterocycles. The summed E-state index contributed by atoms with van der Waals surface area (Å²) in [4.78, 5) is 39.0. The van der Waals surface area contributed by atoms with Crippen LogP contribution in [-0.4, -0.2) is 75.5 Å². The lowest BCUT2D eigenvalue weighted by Crippen LogP contribution is -2.72. The Hall–Kier alpha value is -2.47. The van der Waals surface area contributed by atoms with Crippen molar-refractivity contribution >= 4 is 17.9 Å². The molecule has 11 heteroatoms. The van der Waals surface area contributed by atoms with Crippen molar-refractivity contribution in [3.63, 3.8) is 0 Å². The lowest BCUT2D eigenvalue weighted by atomic mass is 9.45. The maximum absolute atomic E-state index is 13.4. The molecule has 1 unspecified atom stereocenters. The van der Waals surface area contributed by atoms with E-state index in [1.165, 1.54) is 26.6 Å². The Morgan fingerprint density at radius 2 is 1.95 bits per heavy atom. The monoisotopic (exact) mass is 560 g/mol. The normalized spacial score (nSPS) is 54.0. The Morgan fingerprint density at radius 3 is 2.58 bits per heavy atom. The van der Waals surface area contributed by atoms with Crippen LogP contribution >= 0.6 is 0 Å². The number of carbonyl (C=O) groups excluding carboxylic acids is 3. The summed E-state index contributed by atoms with van der Waals surface area (Å²) in [5, 5.41) is 36.8. The van der Waals surface area contributed by atoms with Crippen molar-refractivity contribution in [1.82, 2.24) is 0 Å². The summed E-state index contributed by atoms with van der Waals surface area (Å²) in [5.74, 6) is -4.54. The number of fused-ring (bicyclic) bond motifs is 2. The van der Waals surface area contributed by atoms with E-state index in [0.29, 0.717) is 18.4 Å². The van der Waals surface area contributed by atoms with Crippen molar-refractivity contribution in [2.24, 2.45) is 34.0 Å². The molecule has 1 aromatic rings. The molecule has 40 heavy (non-hydrogen) atoms. The molecule has 6 aliphatic rings. The number of methoxy groups -OCH3 is 1. The van der Waals surface area contributed by atoms with Crippen molar-refractivity contribution in [3.05, 3.63) is 24.2 Å². The fourth-order valence-corrected chi connectivity index (χ4v) is 11.4. The van der Waals surface area contributed by atoms with Gasteiger partial charge in [-0.3, -0.25) is 9.59 Å². The van der Waals surface area contributed by atoms with Crippen molar-refractivity contribution in [2.75, 3.05) is 7.11 Å². The number of hydrogen-bond donors (Lipinski definition) is 3. The van der Waals surface area contributed by atoms with Crippen LogP contribution in [0.15, 0.2) is 23.0 Å². The van der Waals surface area contributed by atoms with Crippen LogP contribution in [0, 0.1) is 34.0 Å². The molecule has 7 rings (SSSR count). The number of ether oxygens (including phenoxy) is 4. The molecule has 0 aromatic carbocycles. The van der Waals surface area contributed by atoms with E-state index in [-0.39, 0.29) is 12.8 Å². The summed E-state index contributed by atoms with van der Waals surface area (Å²) in [5.41, 5.74) is -7.33. The second kappa shape index (κ2) is 7.48. The highest BCUT2D eigenvalue weighted by Crippen LogP contribution is 2.86. The van der Waals surface area contributed by atoms with Crippen molar-refractivity contribution in [3.8, 4) is 0 Å². The highest BCUT2D eigenvalue weighted by atomic mass is 16.6. The van der Waals surface area contributed by atoms with Crippen LogP contribution < -0.4 is 0 Å². The van der Waals surface area contributed by atoms with Crippen LogP contribution in [0.2, 0.25) is 0 Å². The summed E-state index contributed by atoms with van der Waals surface area (Å²) < 4.78 is 29.3. The standard InChI is InChI=1S/C29H36O11/c1-13(30)39-27-12-24(2)19(17(32)23(34)36-5)26(27,4)15-6-8-25(3)22(14-7-9-37-11-14)38-16(31)10-28(25)29(15,35)20(27)18(40-28)21(24)33/h7,9,11,15,17-22,32-33,35H,6,8,10,12H2,1-5H3/t15-,17+,18?,19+,20+,21-,22+,24-,25+,26-,27+,28-,29+/m1/s1. The molecule has 0 amide bonds. The van der Waals surface area contributed by atoms with E-state index in [2.05, 4.69) is 0 Å². The highest BCUT2D eigenvalue weighted by molar-refractivity contribution is 5.76. The first-order valence-electron chi connectivity index (χ1n) is 13.9. The minimum atomic E-state index is -1.77. The molecule has 2 bridgehead atoms. The molecule has 4 saturated carbocycles. The average molecular weight is 561 g/mol. The van der Waals surface area contributed by atoms with Crippen LogP contribution in [-0.2, 0) is 33.3 Å². The third-order valence-electron chi connectivity index (χ3n) is 12.5. The lowest BCUT2D eigenvalue weighted by molar-refractivity contribution is -0.298. The Labute approximate surface area is 231 Å². The van der Waals surface area contributed by atoms with Crippen molar-refractivity contribution in [2.45, 2.75) is 94.6 Å². The van der Waals surface area contributed by atoms with E-state index in [1.54, 1.807) is 13.0 Å². The minimum absolute atomic E-state index is 0.0989. The molecule has 1 spiro atoms. The Bertz CT molecular complexity index is 1310.